The lowest BCUT2D eigenvalue weighted by Gasteiger charge is -2.09. The summed E-state index contributed by atoms with van der Waals surface area (Å²) in [4.78, 5) is 0. The molecule has 0 N–H and O–H groups in total. The highest BCUT2D eigenvalue weighted by Crippen LogP contribution is 2.21. The fourth-order valence-electron chi connectivity index (χ4n) is 1.47. The molecule has 0 aliphatic heterocycles. The van der Waals surface area contributed by atoms with E-state index in [0.717, 1.165) is 5.75 Å². The number of ether oxygens (including phenoxy) is 1. The number of fused-ring (bicyclic) bond motifs is 1. The molecule has 2 aromatic rings. The number of rotatable bonds is 2. The van der Waals surface area contributed by atoms with Crippen molar-refractivity contribution in [3.05, 3.63) is 49.4 Å². The van der Waals surface area contributed by atoms with Gasteiger partial charge in [-0.25, -0.2) is 0 Å². The van der Waals surface area contributed by atoms with Gasteiger partial charge in [0, 0.05) is 0 Å². The van der Waals surface area contributed by atoms with Gasteiger partial charge in [-0.3, -0.25) is 0 Å². The van der Waals surface area contributed by atoms with Gasteiger partial charge >= 0.3 is 0 Å². The molecule has 0 fully saturated rings. The first-order valence-electron chi connectivity index (χ1n) is 4.74. The van der Waals surface area contributed by atoms with Crippen molar-refractivity contribution in [3.8, 4) is 5.75 Å². The molecule has 0 amide bonds. The standard InChI is InChI=1S/C13H13O/c1-10(2)14-13-8-7-11-5-3-4-6-12(11)9-13/h3-10H,1H2,2H3. The molecule has 0 spiro atoms. The molecule has 1 heteroatoms. The molecule has 71 valence electrons. The summed E-state index contributed by atoms with van der Waals surface area (Å²) in [6.45, 7) is 5.72. The normalized spacial score (nSPS) is 10.8. The van der Waals surface area contributed by atoms with E-state index in [0.29, 0.717) is 0 Å². The van der Waals surface area contributed by atoms with Crippen LogP contribution >= 0.6 is 0 Å². The maximum absolute atomic E-state index is 5.51. The lowest BCUT2D eigenvalue weighted by atomic mass is 10.1. The van der Waals surface area contributed by atoms with Gasteiger partial charge in [-0.05, 0) is 36.8 Å². The topological polar surface area (TPSA) is 9.23 Å². The van der Waals surface area contributed by atoms with Crippen molar-refractivity contribution in [2.45, 2.75) is 13.0 Å². The second-order valence-electron chi connectivity index (χ2n) is 3.44. The maximum Gasteiger partial charge on any atom is 0.120 e. The molecule has 2 rings (SSSR count). The minimum atomic E-state index is -0.0174. The van der Waals surface area contributed by atoms with Crippen LogP contribution in [0.25, 0.3) is 10.8 Å². The van der Waals surface area contributed by atoms with Gasteiger partial charge in [0.25, 0.3) is 0 Å². The van der Waals surface area contributed by atoms with E-state index in [-0.39, 0.29) is 6.10 Å². The Kier molecular flexibility index (Phi) is 2.40. The van der Waals surface area contributed by atoms with E-state index in [1.807, 2.05) is 31.2 Å². The number of hydrogen-bond donors (Lipinski definition) is 0. The van der Waals surface area contributed by atoms with E-state index in [1.165, 1.54) is 10.8 Å². The van der Waals surface area contributed by atoms with E-state index in [9.17, 15) is 0 Å². The van der Waals surface area contributed by atoms with Gasteiger partial charge in [0.15, 0.2) is 0 Å². The molecule has 0 heterocycles. The number of benzene rings is 2. The van der Waals surface area contributed by atoms with Crippen molar-refractivity contribution in [2.75, 3.05) is 0 Å². The Balaban J connectivity index is 2.41. The van der Waals surface area contributed by atoms with Crippen molar-refractivity contribution in [3.63, 3.8) is 0 Å². The van der Waals surface area contributed by atoms with Gasteiger partial charge in [0.1, 0.15) is 5.75 Å². The molecule has 0 aliphatic carbocycles. The van der Waals surface area contributed by atoms with Crippen molar-refractivity contribution < 1.29 is 4.74 Å². The van der Waals surface area contributed by atoms with E-state index in [2.05, 4.69) is 25.1 Å². The third-order valence-electron chi connectivity index (χ3n) is 2.06. The minimum Gasteiger partial charge on any atom is -0.491 e. The van der Waals surface area contributed by atoms with Crippen LogP contribution in [0.5, 0.6) is 5.75 Å². The Morgan fingerprint density at radius 2 is 1.79 bits per heavy atom. The van der Waals surface area contributed by atoms with Crippen LogP contribution in [0, 0.1) is 6.92 Å². The van der Waals surface area contributed by atoms with E-state index in [4.69, 9.17) is 4.74 Å². The molecular weight excluding hydrogens is 172 g/mol. The van der Waals surface area contributed by atoms with Crippen LogP contribution in [0.2, 0.25) is 0 Å². The highest BCUT2D eigenvalue weighted by molar-refractivity contribution is 5.83. The van der Waals surface area contributed by atoms with Crippen molar-refractivity contribution in [1.29, 1.82) is 0 Å². The molecule has 0 aromatic heterocycles. The molecule has 2 aromatic carbocycles. The smallest absolute Gasteiger partial charge is 0.120 e. The van der Waals surface area contributed by atoms with Crippen LogP contribution < -0.4 is 4.74 Å². The summed E-state index contributed by atoms with van der Waals surface area (Å²) < 4.78 is 5.51. The van der Waals surface area contributed by atoms with E-state index >= 15 is 0 Å². The molecule has 14 heavy (non-hydrogen) atoms. The lowest BCUT2D eigenvalue weighted by Crippen LogP contribution is -2.05. The second kappa shape index (κ2) is 3.70. The summed E-state index contributed by atoms with van der Waals surface area (Å²) in [5.74, 6) is 0.881. The van der Waals surface area contributed by atoms with Crippen molar-refractivity contribution >= 4 is 10.8 Å². The van der Waals surface area contributed by atoms with Gasteiger partial charge in [-0.1, -0.05) is 30.3 Å². The zero-order valence-corrected chi connectivity index (χ0v) is 8.23. The quantitative estimate of drug-likeness (QED) is 0.696. The van der Waals surface area contributed by atoms with Gasteiger partial charge in [-0.15, -0.1) is 0 Å². The zero-order chi connectivity index (χ0) is 9.97. The van der Waals surface area contributed by atoms with Crippen LogP contribution in [-0.4, -0.2) is 6.10 Å². The number of hydrogen-bond acceptors (Lipinski definition) is 1. The first kappa shape index (κ1) is 9.07. The predicted octanol–water partition coefficient (Wildman–Crippen LogP) is 3.44. The Morgan fingerprint density at radius 1 is 1.07 bits per heavy atom. The summed E-state index contributed by atoms with van der Waals surface area (Å²) >= 11 is 0. The average molecular weight is 185 g/mol. The first-order chi connectivity index (χ1) is 6.75. The SMILES string of the molecule is [CH2]C(C)Oc1ccc2ccccc2c1. The molecule has 0 saturated heterocycles. The Bertz CT molecular complexity index is 432. The molecule has 0 saturated carbocycles. The molecular formula is C13H13O. The molecule has 1 nitrogen and oxygen atoms in total. The van der Waals surface area contributed by atoms with E-state index in [1.54, 1.807) is 0 Å². The van der Waals surface area contributed by atoms with Gasteiger partial charge in [0.2, 0.25) is 0 Å². The third-order valence-corrected chi connectivity index (χ3v) is 2.06. The average Bonchev–Trinajstić information content (AvgIpc) is 2.17. The van der Waals surface area contributed by atoms with Crippen LogP contribution in [0.4, 0.5) is 0 Å². The predicted molar refractivity (Wildman–Crippen MR) is 59.4 cm³/mol. The van der Waals surface area contributed by atoms with Crippen LogP contribution in [0.1, 0.15) is 6.92 Å². The van der Waals surface area contributed by atoms with Gasteiger partial charge < -0.3 is 4.74 Å². The third kappa shape index (κ3) is 1.87. The molecule has 0 aliphatic rings. The summed E-state index contributed by atoms with van der Waals surface area (Å²) in [6, 6.07) is 14.3. The monoisotopic (exact) mass is 185 g/mol. The fourth-order valence-corrected chi connectivity index (χ4v) is 1.47. The summed E-state index contributed by atoms with van der Waals surface area (Å²) in [5.41, 5.74) is 0. The van der Waals surface area contributed by atoms with Crippen molar-refractivity contribution in [1.82, 2.24) is 0 Å². The highest BCUT2D eigenvalue weighted by Gasteiger charge is 1.98. The Morgan fingerprint density at radius 3 is 2.50 bits per heavy atom. The molecule has 1 unspecified atom stereocenters. The van der Waals surface area contributed by atoms with Crippen LogP contribution in [-0.2, 0) is 0 Å². The summed E-state index contributed by atoms with van der Waals surface area (Å²) in [5, 5.41) is 2.43. The fraction of sp³-hybridized carbons (Fsp3) is 0.154. The Labute approximate surface area is 84.3 Å². The summed E-state index contributed by atoms with van der Waals surface area (Å²) in [6.07, 6.45) is -0.0174. The van der Waals surface area contributed by atoms with E-state index < -0.39 is 0 Å². The first-order valence-corrected chi connectivity index (χ1v) is 4.74. The lowest BCUT2D eigenvalue weighted by molar-refractivity contribution is 0.268. The molecule has 1 radical (unpaired) electrons. The van der Waals surface area contributed by atoms with Crippen molar-refractivity contribution in [2.24, 2.45) is 0 Å². The van der Waals surface area contributed by atoms with Crippen LogP contribution in [0.15, 0.2) is 42.5 Å². The zero-order valence-electron chi connectivity index (χ0n) is 8.23. The van der Waals surface area contributed by atoms with Crippen LogP contribution in [0.3, 0.4) is 0 Å². The highest BCUT2D eigenvalue weighted by atomic mass is 16.5. The van der Waals surface area contributed by atoms with Gasteiger partial charge in [0.05, 0.1) is 6.10 Å². The molecule has 1 atom stereocenters. The second-order valence-corrected chi connectivity index (χ2v) is 3.44. The molecule has 0 bridgehead atoms. The summed E-state index contributed by atoms with van der Waals surface area (Å²) in [7, 11) is 0. The maximum atomic E-state index is 5.51. The Hall–Kier alpha value is -1.50. The largest absolute Gasteiger partial charge is 0.491 e. The minimum absolute atomic E-state index is 0.0174. The van der Waals surface area contributed by atoms with Gasteiger partial charge in [-0.2, -0.15) is 0 Å².